The van der Waals surface area contributed by atoms with Gasteiger partial charge in [-0.05, 0) is 43.0 Å². The lowest BCUT2D eigenvalue weighted by atomic mass is 9.77. The minimum absolute atomic E-state index is 0.239. The molecule has 0 spiro atoms. The first kappa shape index (κ1) is 25.3. The Balaban J connectivity index is 1.94. The molecular formula is C33H25N3O3. The van der Waals surface area contributed by atoms with Gasteiger partial charge in [-0.3, -0.25) is 9.36 Å². The van der Waals surface area contributed by atoms with Gasteiger partial charge in [0.05, 0.1) is 16.8 Å². The maximum Gasteiger partial charge on any atom is 0.340 e. The molecule has 6 nitrogen and oxygen atoms in total. The maximum absolute atomic E-state index is 13.4. The first-order chi connectivity index (χ1) is 18.8. The zero-order chi connectivity index (χ0) is 27.7. The van der Waals surface area contributed by atoms with E-state index in [2.05, 4.69) is 35.0 Å². The molecule has 4 aromatic rings. The fourth-order valence-corrected chi connectivity index (χ4v) is 5.26. The number of rotatable bonds is 4. The van der Waals surface area contributed by atoms with Crippen molar-refractivity contribution in [3.8, 4) is 36.1 Å². The van der Waals surface area contributed by atoms with Crippen LogP contribution in [0.1, 0.15) is 39.7 Å². The van der Waals surface area contributed by atoms with Crippen LogP contribution in [0.15, 0.2) is 66.7 Å². The molecule has 2 heterocycles. The lowest BCUT2D eigenvalue weighted by Gasteiger charge is -2.33. The second-order valence-electron chi connectivity index (χ2n) is 9.37. The molecule has 0 fully saturated rings. The average Bonchev–Trinajstić information content (AvgIpc) is 3.37. The molecule has 0 bridgehead atoms. The van der Waals surface area contributed by atoms with Gasteiger partial charge in [-0.25, -0.2) is 4.79 Å². The Bertz CT molecular complexity index is 1830. The molecular weight excluding hydrogens is 486 g/mol. The van der Waals surface area contributed by atoms with Crippen LogP contribution in [0.2, 0.25) is 0 Å². The van der Waals surface area contributed by atoms with Crippen molar-refractivity contribution < 1.29 is 14.3 Å². The van der Waals surface area contributed by atoms with E-state index in [1.165, 1.54) is 6.92 Å². The number of aromatic nitrogens is 1. The third-order valence-corrected chi connectivity index (χ3v) is 6.81. The van der Waals surface area contributed by atoms with E-state index >= 15 is 0 Å². The van der Waals surface area contributed by atoms with Crippen molar-refractivity contribution in [3.05, 3.63) is 94.7 Å². The molecule has 0 saturated carbocycles. The number of carbonyl (C=O) groups excluding carboxylic acids is 2. The van der Waals surface area contributed by atoms with Crippen LogP contribution in [-0.2, 0) is 15.1 Å². The molecule has 1 aliphatic heterocycles. The maximum atomic E-state index is 13.4. The minimum atomic E-state index is -1.36. The third kappa shape index (κ3) is 4.08. The number of amides is 1. The number of benzene rings is 3. The Hall–Kier alpha value is -5.38. The number of hydrogen-bond donors (Lipinski definition) is 1. The summed E-state index contributed by atoms with van der Waals surface area (Å²) in [6, 6.07) is 24.0. The predicted octanol–water partition coefficient (Wildman–Crippen LogP) is 4.88. The largest absolute Gasteiger partial charge is 0.440 e. The van der Waals surface area contributed by atoms with Gasteiger partial charge in [-0.15, -0.1) is 6.42 Å². The van der Waals surface area contributed by atoms with E-state index in [0.717, 1.165) is 27.8 Å². The highest BCUT2D eigenvalue weighted by atomic mass is 16.6. The smallest absolute Gasteiger partial charge is 0.340 e. The number of hydrogen-bond acceptors (Lipinski definition) is 4. The van der Waals surface area contributed by atoms with Gasteiger partial charge in [-0.2, -0.15) is 0 Å². The molecule has 1 aliphatic rings. The van der Waals surface area contributed by atoms with Crippen LogP contribution in [-0.4, -0.2) is 30.5 Å². The second kappa shape index (κ2) is 9.82. The normalized spacial score (nSPS) is 15.2. The Morgan fingerprint density at radius 1 is 1.00 bits per heavy atom. The van der Waals surface area contributed by atoms with Crippen LogP contribution >= 0.6 is 0 Å². The topological polar surface area (TPSA) is 63.6 Å². The number of carbonyl (C=O) groups is 2. The van der Waals surface area contributed by atoms with Crippen molar-refractivity contribution >= 4 is 34.2 Å². The van der Waals surface area contributed by atoms with Gasteiger partial charge in [0, 0.05) is 72.4 Å². The molecule has 5 rings (SSSR count). The molecule has 0 radical (unpaired) electrons. The number of cyclic esters (lactones) is 1. The molecule has 6 heteroatoms. The van der Waals surface area contributed by atoms with Gasteiger partial charge in [0.2, 0.25) is 5.91 Å². The molecule has 1 aromatic heterocycles. The van der Waals surface area contributed by atoms with E-state index in [-0.39, 0.29) is 5.91 Å². The minimum Gasteiger partial charge on any atom is -0.440 e. The number of terminal acetylenes is 1. The Kier molecular flexibility index (Phi) is 6.37. The highest BCUT2D eigenvalue weighted by molar-refractivity contribution is 6.00. The van der Waals surface area contributed by atoms with Crippen LogP contribution in [0.4, 0.5) is 11.4 Å². The molecule has 3 aromatic carbocycles. The lowest BCUT2D eigenvalue weighted by Crippen LogP contribution is -2.32. The van der Waals surface area contributed by atoms with Gasteiger partial charge in [0.15, 0.2) is 5.60 Å². The van der Waals surface area contributed by atoms with Crippen molar-refractivity contribution in [2.75, 3.05) is 24.3 Å². The van der Waals surface area contributed by atoms with Gasteiger partial charge < -0.3 is 15.0 Å². The van der Waals surface area contributed by atoms with E-state index in [1.807, 2.05) is 91.1 Å². The Labute approximate surface area is 227 Å². The molecule has 0 saturated heterocycles. The Morgan fingerprint density at radius 3 is 2.49 bits per heavy atom. The van der Waals surface area contributed by atoms with Gasteiger partial charge in [0.25, 0.3) is 0 Å². The average molecular weight is 512 g/mol. The summed E-state index contributed by atoms with van der Waals surface area (Å²) >= 11 is 0. The number of esters is 1. The number of anilines is 2. The number of para-hydroxylation sites is 1. The predicted molar refractivity (Wildman–Crippen MR) is 153 cm³/mol. The second-order valence-corrected chi connectivity index (χ2v) is 9.37. The summed E-state index contributed by atoms with van der Waals surface area (Å²) < 4.78 is 8.27. The van der Waals surface area contributed by atoms with E-state index in [1.54, 1.807) is 6.07 Å². The summed E-state index contributed by atoms with van der Waals surface area (Å²) in [7, 11) is 3.85. The molecule has 1 N–H and O–H groups in total. The first-order valence-corrected chi connectivity index (χ1v) is 12.3. The number of fused-ring (bicyclic) bond motifs is 2. The quantitative estimate of drug-likeness (QED) is 0.313. The van der Waals surface area contributed by atoms with E-state index in [0.29, 0.717) is 22.4 Å². The standard InChI is InChI=1S/C33H25N3O3/c1-6-7-8-13-20-36-22(2)31(26-15-10-12-17-30(26)36)33(27-16-11-9-14-25(27)32(38)39-33)28-19-18-24(35(4)5)21-29(28)34-23(3)37/h1,9-12,14-19,21H,2-5H3,(H,34,37). The third-order valence-electron chi connectivity index (χ3n) is 6.81. The summed E-state index contributed by atoms with van der Waals surface area (Å²) in [6.45, 7) is 3.39. The SMILES string of the molecule is C#CC#CC#Cn1c(C)c(C2(c3ccc(N(C)C)cc3NC(C)=O)OC(=O)c3ccccc32)c2ccccc21. The fourth-order valence-electron chi connectivity index (χ4n) is 5.26. The van der Waals surface area contributed by atoms with Gasteiger partial charge in [-0.1, -0.05) is 42.5 Å². The van der Waals surface area contributed by atoms with Crippen LogP contribution < -0.4 is 10.2 Å². The van der Waals surface area contributed by atoms with Gasteiger partial charge in [0.1, 0.15) is 0 Å². The fraction of sp³-hybridized carbons (Fsp3) is 0.152. The molecule has 190 valence electrons. The molecule has 1 atom stereocenters. The summed E-state index contributed by atoms with van der Waals surface area (Å²) in [5.74, 6) is 9.57. The van der Waals surface area contributed by atoms with Crippen molar-refractivity contribution in [2.45, 2.75) is 19.4 Å². The molecule has 0 aliphatic carbocycles. The van der Waals surface area contributed by atoms with Crippen LogP contribution in [0.25, 0.3) is 10.9 Å². The molecule has 1 amide bonds. The van der Waals surface area contributed by atoms with E-state index in [9.17, 15) is 9.59 Å². The molecule has 1 unspecified atom stereocenters. The Morgan fingerprint density at radius 2 is 1.74 bits per heavy atom. The number of ether oxygens (including phenoxy) is 1. The first-order valence-electron chi connectivity index (χ1n) is 12.3. The zero-order valence-corrected chi connectivity index (χ0v) is 22.0. The molecule has 39 heavy (non-hydrogen) atoms. The number of nitrogens with zero attached hydrogens (tertiary/aromatic N) is 2. The van der Waals surface area contributed by atoms with Crippen molar-refractivity contribution in [1.29, 1.82) is 0 Å². The summed E-state index contributed by atoms with van der Waals surface area (Å²) in [4.78, 5) is 27.8. The van der Waals surface area contributed by atoms with Crippen molar-refractivity contribution in [3.63, 3.8) is 0 Å². The van der Waals surface area contributed by atoms with Crippen LogP contribution in [0.5, 0.6) is 0 Å². The van der Waals surface area contributed by atoms with Crippen LogP contribution in [0.3, 0.4) is 0 Å². The van der Waals surface area contributed by atoms with E-state index in [4.69, 9.17) is 11.2 Å². The van der Waals surface area contributed by atoms with E-state index < -0.39 is 11.6 Å². The van der Waals surface area contributed by atoms with Crippen molar-refractivity contribution in [2.24, 2.45) is 0 Å². The highest BCUT2D eigenvalue weighted by Crippen LogP contribution is 2.53. The number of nitrogens with one attached hydrogen (secondary N) is 1. The van der Waals surface area contributed by atoms with Gasteiger partial charge >= 0.3 is 5.97 Å². The van der Waals surface area contributed by atoms with Crippen LogP contribution in [0, 0.1) is 43.1 Å². The summed E-state index contributed by atoms with van der Waals surface area (Å²) in [5, 5.41) is 3.83. The van der Waals surface area contributed by atoms with Crippen molar-refractivity contribution in [1.82, 2.24) is 4.57 Å². The summed E-state index contributed by atoms with van der Waals surface area (Å²) in [5.41, 5.74) is 4.18. The summed E-state index contributed by atoms with van der Waals surface area (Å²) in [6.07, 6.45) is 5.25. The monoisotopic (exact) mass is 511 g/mol. The zero-order valence-electron chi connectivity index (χ0n) is 22.0. The lowest BCUT2D eigenvalue weighted by molar-refractivity contribution is -0.114. The highest BCUT2D eigenvalue weighted by Gasteiger charge is 2.52.